The molecule has 1 aliphatic carbocycles. The summed E-state index contributed by atoms with van der Waals surface area (Å²) in [6.07, 6.45) is 5.25. The maximum Gasteiger partial charge on any atom is 0.191 e. The zero-order chi connectivity index (χ0) is 15.4. The highest BCUT2D eigenvalue weighted by molar-refractivity contribution is 6.29. The molecule has 1 atom stereocenters. The van der Waals surface area contributed by atoms with Gasteiger partial charge < -0.3 is 10.6 Å². The van der Waals surface area contributed by atoms with Gasteiger partial charge in [-0.05, 0) is 32.3 Å². The first-order chi connectivity index (χ1) is 9.99. The van der Waals surface area contributed by atoms with Gasteiger partial charge in [-0.25, -0.2) is 0 Å². The lowest BCUT2D eigenvalue weighted by Crippen LogP contribution is -2.45. The third-order valence-corrected chi connectivity index (χ3v) is 3.77. The molecule has 0 fully saturated rings. The van der Waals surface area contributed by atoms with E-state index in [-0.39, 0.29) is 0 Å². The number of aryl methyl sites for hydroxylation is 1. The molecular weight excluding hydrogens is 286 g/mol. The summed E-state index contributed by atoms with van der Waals surface area (Å²) in [5.41, 5.74) is 2.57. The van der Waals surface area contributed by atoms with E-state index in [1.807, 2.05) is 0 Å². The number of aliphatic imine (C=N–C) groups is 1. The molecule has 0 amide bonds. The summed E-state index contributed by atoms with van der Waals surface area (Å²) < 4.78 is 2.05. The second kappa shape index (κ2) is 6.98. The van der Waals surface area contributed by atoms with Gasteiger partial charge in [0.05, 0.1) is 12.2 Å². The van der Waals surface area contributed by atoms with Crippen LogP contribution in [0.4, 0.5) is 0 Å². The van der Waals surface area contributed by atoms with Crippen LogP contribution in [-0.2, 0) is 12.8 Å². The summed E-state index contributed by atoms with van der Waals surface area (Å²) >= 11 is 5.77. The van der Waals surface area contributed by atoms with E-state index < -0.39 is 0 Å². The van der Waals surface area contributed by atoms with E-state index in [0.717, 1.165) is 25.2 Å². The van der Waals surface area contributed by atoms with Gasteiger partial charge in [0.2, 0.25) is 0 Å². The zero-order valence-corrected chi connectivity index (χ0v) is 13.7. The third-order valence-electron chi connectivity index (χ3n) is 3.64. The fraction of sp³-hybridized carbons (Fsp3) is 0.600. The molecule has 1 aliphatic rings. The minimum absolute atomic E-state index is 0.350. The molecule has 1 heterocycles. The van der Waals surface area contributed by atoms with Gasteiger partial charge in [-0.15, -0.1) is 0 Å². The summed E-state index contributed by atoms with van der Waals surface area (Å²) in [4.78, 5) is 4.21. The van der Waals surface area contributed by atoms with E-state index in [9.17, 15) is 0 Å². The molecule has 0 saturated heterocycles. The lowest BCUT2D eigenvalue weighted by atomic mass is 9.94. The van der Waals surface area contributed by atoms with Gasteiger partial charge in [-0.2, -0.15) is 5.10 Å². The van der Waals surface area contributed by atoms with Crippen molar-refractivity contribution in [1.29, 1.82) is 0 Å². The van der Waals surface area contributed by atoms with Gasteiger partial charge in [-0.3, -0.25) is 9.67 Å². The Balaban J connectivity index is 1.96. The van der Waals surface area contributed by atoms with Crippen molar-refractivity contribution in [2.24, 2.45) is 4.99 Å². The van der Waals surface area contributed by atoms with Gasteiger partial charge in [0.1, 0.15) is 0 Å². The van der Waals surface area contributed by atoms with Gasteiger partial charge in [0.25, 0.3) is 0 Å². The molecule has 0 radical (unpaired) electrons. The highest BCUT2D eigenvalue weighted by Crippen LogP contribution is 2.21. The maximum atomic E-state index is 5.77. The molecule has 2 N–H and O–H groups in total. The van der Waals surface area contributed by atoms with Crippen LogP contribution in [0, 0.1) is 0 Å². The molecule has 2 rings (SSSR count). The standard InChI is InChI=1S/C15H24ClN5/c1-10(2)21-9-12-5-6-13(7-14(12)20-21)19-15(17-4)18-8-11(3)16/h9-10,13H,3,5-8H2,1-2,4H3,(H2,17,18,19). The summed E-state index contributed by atoms with van der Waals surface area (Å²) in [7, 11) is 1.76. The Morgan fingerprint density at radius 1 is 1.62 bits per heavy atom. The Kier molecular flexibility index (Phi) is 5.28. The zero-order valence-electron chi connectivity index (χ0n) is 13.0. The van der Waals surface area contributed by atoms with Gasteiger partial charge >= 0.3 is 0 Å². The largest absolute Gasteiger partial charge is 0.353 e. The van der Waals surface area contributed by atoms with Crippen LogP contribution in [-0.4, -0.2) is 35.4 Å². The van der Waals surface area contributed by atoms with Crippen LogP contribution in [0.2, 0.25) is 0 Å². The van der Waals surface area contributed by atoms with Crippen molar-refractivity contribution in [3.8, 4) is 0 Å². The smallest absolute Gasteiger partial charge is 0.191 e. The van der Waals surface area contributed by atoms with Gasteiger partial charge in [0, 0.05) is 36.8 Å². The topological polar surface area (TPSA) is 54.2 Å². The molecule has 116 valence electrons. The lowest BCUT2D eigenvalue weighted by Gasteiger charge is -2.24. The molecule has 5 nitrogen and oxygen atoms in total. The van der Waals surface area contributed by atoms with Crippen molar-refractivity contribution in [2.75, 3.05) is 13.6 Å². The van der Waals surface area contributed by atoms with Crippen molar-refractivity contribution in [3.63, 3.8) is 0 Å². The fourth-order valence-electron chi connectivity index (χ4n) is 2.47. The molecule has 6 heteroatoms. The minimum atomic E-state index is 0.350. The van der Waals surface area contributed by atoms with Crippen molar-refractivity contribution in [2.45, 2.75) is 45.2 Å². The summed E-state index contributed by atoms with van der Waals surface area (Å²) in [6, 6.07) is 0.758. The molecule has 0 spiro atoms. The molecule has 1 unspecified atom stereocenters. The number of halogens is 1. The van der Waals surface area contributed by atoms with Crippen LogP contribution >= 0.6 is 11.6 Å². The predicted octanol–water partition coefficient (Wildman–Crippen LogP) is 2.24. The van der Waals surface area contributed by atoms with E-state index >= 15 is 0 Å². The minimum Gasteiger partial charge on any atom is -0.353 e. The number of nitrogens with zero attached hydrogens (tertiary/aromatic N) is 3. The third kappa shape index (κ3) is 4.24. The van der Waals surface area contributed by atoms with Crippen LogP contribution < -0.4 is 10.6 Å². The predicted molar refractivity (Wildman–Crippen MR) is 87.9 cm³/mol. The normalized spacial score (nSPS) is 18.5. The lowest BCUT2D eigenvalue weighted by molar-refractivity contribution is 0.500. The SMILES string of the molecule is C=C(Cl)CNC(=NC)NC1CCc2cn(C(C)C)nc2C1. The van der Waals surface area contributed by atoms with Crippen LogP contribution in [0.15, 0.2) is 22.8 Å². The van der Waals surface area contributed by atoms with Crippen LogP contribution in [0.3, 0.4) is 0 Å². The maximum absolute atomic E-state index is 5.77. The molecular formula is C15H24ClN5. The van der Waals surface area contributed by atoms with Crippen molar-refractivity contribution in [1.82, 2.24) is 20.4 Å². The van der Waals surface area contributed by atoms with Gasteiger partial charge in [0.15, 0.2) is 5.96 Å². The Morgan fingerprint density at radius 3 is 3.00 bits per heavy atom. The summed E-state index contributed by atoms with van der Waals surface area (Å²) in [5.74, 6) is 0.758. The number of nitrogens with one attached hydrogen (secondary N) is 2. The number of hydrogen-bond acceptors (Lipinski definition) is 2. The molecule has 0 aliphatic heterocycles. The molecule has 0 aromatic carbocycles. The Hall–Kier alpha value is -1.49. The van der Waals surface area contributed by atoms with E-state index in [4.69, 9.17) is 11.6 Å². The fourth-order valence-corrected chi connectivity index (χ4v) is 2.53. The van der Waals surface area contributed by atoms with Crippen LogP contribution in [0.5, 0.6) is 0 Å². The average molecular weight is 310 g/mol. The molecule has 1 aromatic rings. The average Bonchev–Trinajstić information content (AvgIpc) is 2.86. The van der Waals surface area contributed by atoms with E-state index in [0.29, 0.717) is 23.7 Å². The Morgan fingerprint density at radius 2 is 2.38 bits per heavy atom. The number of fused-ring (bicyclic) bond motifs is 1. The van der Waals surface area contributed by atoms with Crippen molar-refractivity contribution in [3.05, 3.63) is 29.1 Å². The van der Waals surface area contributed by atoms with Crippen molar-refractivity contribution >= 4 is 17.6 Å². The van der Waals surface area contributed by atoms with Gasteiger partial charge in [-0.1, -0.05) is 18.2 Å². The molecule has 1 aromatic heterocycles. The van der Waals surface area contributed by atoms with Crippen molar-refractivity contribution < 1.29 is 0 Å². The molecule has 21 heavy (non-hydrogen) atoms. The highest BCUT2D eigenvalue weighted by Gasteiger charge is 2.22. The van der Waals surface area contributed by atoms with E-state index in [1.165, 1.54) is 11.3 Å². The second-order valence-corrected chi connectivity index (χ2v) is 6.24. The number of hydrogen-bond donors (Lipinski definition) is 2. The number of rotatable bonds is 4. The summed E-state index contributed by atoms with van der Waals surface area (Å²) in [6.45, 7) is 8.48. The Bertz CT molecular complexity index is 532. The first-order valence-electron chi connectivity index (χ1n) is 7.37. The van der Waals surface area contributed by atoms with E-state index in [1.54, 1.807) is 7.05 Å². The van der Waals surface area contributed by atoms with Crippen LogP contribution in [0.25, 0.3) is 0 Å². The first kappa shape index (κ1) is 15.9. The molecule has 0 bridgehead atoms. The monoisotopic (exact) mass is 309 g/mol. The molecule has 0 saturated carbocycles. The van der Waals surface area contributed by atoms with Crippen LogP contribution in [0.1, 0.15) is 37.6 Å². The highest BCUT2D eigenvalue weighted by atomic mass is 35.5. The Labute approximate surface area is 131 Å². The van der Waals surface area contributed by atoms with E-state index in [2.05, 4.69) is 52.0 Å². The quantitative estimate of drug-likeness (QED) is 0.662. The summed E-state index contributed by atoms with van der Waals surface area (Å²) in [5, 5.41) is 11.8. The first-order valence-corrected chi connectivity index (χ1v) is 7.74. The number of aromatic nitrogens is 2. The second-order valence-electron chi connectivity index (χ2n) is 5.70. The number of guanidine groups is 1.